The van der Waals surface area contributed by atoms with E-state index in [0.29, 0.717) is 18.9 Å². The van der Waals surface area contributed by atoms with Gasteiger partial charge in [0.25, 0.3) is 0 Å². The minimum absolute atomic E-state index is 0.0739. The molecule has 0 aromatic heterocycles. The molecule has 1 N–H and O–H groups in total. The molecule has 0 saturated carbocycles. The number of hydrogen-bond acceptors (Lipinski definition) is 3. The summed E-state index contributed by atoms with van der Waals surface area (Å²) in [6.45, 7) is 9.50. The van der Waals surface area contributed by atoms with Crippen LogP contribution in [0.4, 0.5) is 0 Å². The molecule has 166 valence electrons. The molecule has 0 spiro atoms. The molecular formula is C28H37NO2. The number of carbonyl (C=O) groups is 1. The van der Waals surface area contributed by atoms with Crippen molar-refractivity contribution in [3.63, 3.8) is 0 Å². The van der Waals surface area contributed by atoms with E-state index < -0.39 is 0 Å². The van der Waals surface area contributed by atoms with Crippen molar-refractivity contribution in [1.82, 2.24) is 5.32 Å². The van der Waals surface area contributed by atoms with E-state index in [1.807, 2.05) is 24.3 Å². The predicted octanol–water partition coefficient (Wildman–Crippen LogP) is 6.27. The van der Waals surface area contributed by atoms with E-state index in [-0.39, 0.29) is 16.9 Å². The van der Waals surface area contributed by atoms with Crippen LogP contribution in [0.25, 0.3) is 0 Å². The highest BCUT2D eigenvalue weighted by molar-refractivity contribution is 5.96. The van der Waals surface area contributed by atoms with Crippen molar-refractivity contribution < 1.29 is 9.53 Å². The van der Waals surface area contributed by atoms with Gasteiger partial charge in [-0.25, -0.2) is 0 Å². The van der Waals surface area contributed by atoms with Gasteiger partial charge in [0.1, 0.15) is 12.4 Å². The minimum atomic E-state index is 0.0739. The fraction of sp³-hybridized carbons (Fsp3) is 0.536. The van der Waals surface area contributed by atoms with Crippen LogP contribution in [0, 0.1) is 5.92 Å². The number of fused-ring (bicyclic) bond motifs is 1. The first-order valence-corrected chi connectivity index (χ1v) is 11.9. The van der Waals surface area contributed by atoms with Gasteiger partial charge >= 0.3 is 0 Å². The second kappa shape index (κ2) is 8.78. The molecule has 0 atom stereocenters. The number of aryl methyl sites for hydroxylation is 1. The number of Topliss-reactive ketones (excluding diaryl/α,β-unsaturated/α-hetero) is 1. The third-order valence-corrected chi connectivity index (χ3v) is 6.77. The highest BCUT2D eigenvalue weighted by atomic mass is 16.5. The van der Waals surface area contributed by atoms with Gasteiger partial charge in [0.2, 0.25) is 0 Å². The van der Waals surface area contributed by atoms with Crippen LogP contribution < -0.4 is 10.1 Å². The maximum absolute atomic E-state index is 12.9. The SMILES string of the molecule is CC1(C)CC(CC(=O)c2ccc(COc3cccc4c3CCCC4)cc2)CC(C)(C)N1. The summed E-state index contributed by atoms with van der Waals surface area (Å²) in [5, 5.41) is 3.70. The Hall–Kier alpha value is -2.13. The summed E-state index contributed by atoms with van der Waals surface area (Å²) >= 11 is 0. The molecule has 2 aromatic carbocycles. The monoisotopic (exact) mass is 419 g/mol. The van der Waals surface area contributed by atoms with Crippen molar-refractivity contribution in [1.29, 1.82) is 0 Å². The molecule has 4 rings (SSSR count). The van der Waals surface area contributed by atoms with Crippen LogP contribution in [-0.4, -0.2) is 16.9 Å². The van der Waals surface area contributed by atoms with Crippen molar-refractivity contribution in [3.05, 3.63) is 64.7 Å². The van der Waals surface area contributed by atoms with Crippen LogP contribution in [0.5, 0.6) is 5.75 Å². The molecule has 1 saturated heterocycles. The first-order chi connectivity index (χ1) is 14.7. The highest BCUT2D eigenvalue weighted by Gasteiger charge is 2.38. The van der Waals surface area contributed by atoms with Crippen molar-refractivity contribution in [3.8, 4) is 5.75 Å². The van der Waals surface area contributed by atoms with Crippen molar-refractivity contribution >= 4 is 5.78 Å². The number of rotatable bonds is 6. The largest absolute Gasteiger partial charge is 0.489 e. The second-order valence-electron chi connectivity index (χ2n) is 10.9. The van der Waals surface area contributed by atoms with Gasteiger partial charge in [0.15, 0.2) is 5.78 Å². The molecule has 1 aliphatic carbocycles. The number of ketones is 1. The molecule has 1 aliphatic heterocycles. The zero-order valence-electron chi connectivity index (χ0n) is 19.6. The minimum Gasteiger partial charge on any atom is -0.489 e. The van der Waals surface area contributed by atoms with Crippen LogP contribution in [-0.2, 0) is 19.4 Å². The molecule has 1 fully saturated rings. The molecule has 0 radical (unpaired) electrons. The van der Waals surface area contributed by atoms with Crippen molar-refractivity contribution in [2.75, 3.05) is 0 Å². The van der Waals surface area contributed by atoms with Gasteiger partial charge in [-0.05, 0) is 94.9 Å². The maximum atomic E-state index is 12.9. The smallest absolute Gasteiger partial charge is 0.163 e. The van der Waals surface area contributed by atoms with E-state index in [1.165, 1.54) is 24.0 Å². The van der Waals surface area contributed by atoms with Gasteiger partial charge in [-0.15, -0.1) is 0 Å². The first kappa shape index (κ1) is 22.1. The summed E-state index contributed by atoms with van der Waals surface area (Å²) in [7, 11) is 0. The maximum Gasteiger partial charge on any atom is 0.163 e. The number of hydrogen-bond donors (Lipinski definition) is 1. The van der Waals surface area contributed by atoms with Gasteiger partial charge in [-0.2, -0.15) is 0 Å². The number of ether oxygens (including phenoxy) is 1. The molecular weight excluding hydrogens is 382 g/mol. The van der Waals surface area contributed by atoms with Crippen LogP contribution in [0.2, 0.25) is 0 Å². The number of carbonyl (C=O) groups excluding carboxylic acids is 1. The fourth-order valence-electron chi connectivity index (χ4n) is 5.89. The van der Waals surface area contributed by atoms with Crippen LogP contribution in [0.3, 0.4) is 0 Å². The van der Waals surface area contributed by atoms with Gasteiger partial charge < -0.3 is 10.1 Å². The standard InChI is InChI=1S/C28H37NO2/c1-27(2)17-21(18-28(3,4)29-27)16-25(30)23-14-12-20(13-15-23)19-31-26-11-7-9-22-8-5-6-10-24(22)26/h7,9,11-15,21,29H,5-6,8,10,16-19H2,1-4H3. The molecule has 31 heavy (non-hydrogen) atoms. The average molecular weight is 420 g/mol. The Morgan fingerprint density at radius 3 is 2.35 bits per heavy atom. The summed E-state index contributed by atoms with van der Waals surface area (Å²) in [5.41, 5.74) is 4.89. The lowest BCUT2D eigenvalue weighted by Crippen LogP contribution is -2.57. The molecule has 0 amide bonds. The number of nitrogens with one attached hydrogen (secondary N) is 1. The number of piperidine rings is 1. The number of benzene rings is 2. The molecule has 0 bridgehead atoms. The first-order valence-electron chi connectivity index (χ1n) is 11.9. The van der Waals surface area contributed by atoms with Crippen molar-refractivity contribution in [2.24, 2.45) is 5.92 Å². The predicted molar refractivity (Wildman–Crippen MR) is 127 cm³/mol. The Bertz CT molecular complexity index is 911. The fourth-order valence-corrected chi connectivity index (χ4v) is 5.89. The quantitative estimate of drug-likeness (QED) is 0.561. The van der Waals surface area contributed by atoms with E-state index >= 15 is 0 Å². The van der Waals surface area contributed by atoms with Gasteiger partial charge in [-0.3, -0.25) is 4.79 Å². The molecule has 3 nitrogen and oxygen atoms in total. The molecule has 3 heteroatoms. The van der Waals surface area contributed by atoms with E-state index in [9.17, 15) is 4.79 Å². The summed E-state index contributed by atoms with van der Waals surface area (Å²) in [6, 6.07) is 14.4. The zero-order valence-corrected chi connectivity index (χ0v) is 19.6. The Labute approximate surface area is 187 Å². The van der Waals surface area contributed by atoms with Crippen LogP contribution >= 0.6 is 0 Å². The highest BCUT2D eigenvalue weighted by Crippen LogP contribution is 2.35. The van der Waals surface area contributed by atoms with Crippen LogP contribution in [0.1, 0.15) is 86.8 Å². The van der Waals surface area contributed by atoms with E-state index in [4.69, 9.17) is 4.74 Å². The lowest BCUT2D eigenvalue weighted by molar-refractivity contribution is 0.0864. The summed E-state index contributed by atoms with van der Waals surface area (Å²) in [4.78, 5) is 12.9. The summed E-state index contributed by atoms with van der Waals surface area (Å²) in [5.74, 6) is 1.70. The lowest BCUT2D eigenvalue weighted by atomic mass is 9.74. The summed E-state index contributed by atoms with van der Waals surface area (Å²) in [6.07, 6.45) is 7.50. The molecule has 1 heterocycles. The van der Waals surface area contributed by atoms with Gasteiger partial charge in [0.05, 0.1) is 0 Å². The Balaban J connectivity index is 1.36. The van der Waals surface area contributed by atoms with Crippen molar-refractivity contribution in [2.45, 2.75) is 90.3 Å². The van der Waals surface area contributed by atoms with Gasteiger partial charge in [-0.1, -0.05) is 36.4 Å². The average Bonchev–Trinajstić information content (AvgIpc) is 2.70. The normalized spacial score (nSPS) is 20.1. The molecule has 2 aliphatic rings. The zero-order chi connectivity index (χ0) is 22.1. The third-order valence-electron chi connectivity index (χ3n) is 6.77. The Morgan fingerprint density at radius 2 is 1.65 bits per heavy atom. The molecule has 2 aromatic rings. The van der Waals surface area contributed by atoms with E-state index in [0.717, 1.165) is 42.6 Å². The summed E-state index contributed by atoms with van der Waals surface area (Å²) < 4.78 is 6.17. The second-order valence-corrected chi connectivity index (χ2v) is 10.9. The Morgan fingerprint density at radius 1 is 0.968 bits per heavy atom. The Kier molecular flexibility index (Phi) is 6.25. The third kappa shape index (κ3) is 5.57. The van der Waals surface area contributed by atoms with E-state index in [2.05, 4.69) is 51.2 Å². The molecule has 0 unspecified atom stereocenters. The van der Waals surface area contributed by atoms with Gasteiger partial charge in [0, 0.05) is 23.1 Å². The topological polar surface area (TPSA) is 38.3 Å². The van der Waals surface area contributed by atoms with Crippen LogP contribution in [0.15, 0.2) is 42.5 Å². The van der Waals surface area contributed by atoms with E-state index in [1.54, 1.807) is 0 Å². The lowest BCUT2D eigenvalue weighted by Gasteiger charge is -2.46.